The van der Waals surface area contributed by atoms with Crippen molar-refractivity contribution in [3.05, 3.63) is 0 Å². The Morgan fingerprint density at radius 2 is 2.20 bits per heavy atom. The molecule has 62 valence electrons. The van der Waals surface area contributed by atoms with Crippen LogP contribution in [0.15, 0.2) is 0 Å². The number of rotatable bonds is 5. The predicted molar refractivity (Wildman–Crippen MR) is 41.0 cm³/mol. The molecular weight excluding hydrogens is 130 g/mol. The Bertz CT molecular complexity index is 78.0. The van der Waals surface area contributed by atoms with Gasteiger partial charge in [-0.25, -0.2) is 0 Å². The van der Waals surface area contributed by atoms with Crippen molar-refractivity contribution in [2.75, 3.05) is 20.8 Å². The minimum Gasteiger partial charge on any atom is -0.396 e. The first-order valence-corrected chi connectivity index (χ1v) is 3.57. The zero-order valence-corrected chi connectivity index (χ0v) is 6.92. The molecule has 0 aromatic rings. The number of hydrogen-bond acceptors (Lipinski definition) is 3. The molecule has 0 aromatic carbocycles. The Hall–Kier alpha value is -0.120. The molecule has 0 amide bonds. The largest absolute Gasteiger partial charge is 0.396 e. The van der Waals surface area contributed by atoms with Crippen molar-refractivity contribution in [3.8, 4) is 0 Å². The van der Waals surface area contributed by atoms with Crippen LogP contribution < -0.4 is 5.32 Å². The van der Waals surface area contributed by atoms with E-state index in [1.54, 1.807) is 7.11 Å². The quantitative estimate of drug-likeness (QED) is 0.575. The van der Waals surface area contributed by atoms with E-state index in [9.17, 15) is 0 Å². The van der Waals surface area contributed by atoms with Gasteiger partial charge in [0.05, 0.1) is 6.10 Å². The fourth-order valence-corrected chi connectivity index (χ4v) is 0.917. The van der Waals surface area contributed by atoms with Crippen LogP contribution in [-0.4, -0.2) is 38.0 Å². The van der Waals surface area contributed by atoms with Crippen LogP contribution in [0.25, 0.3) is 0 Å². The van der Waals surface area contributed by atoms with Gasteiger partial charge in [0.1, 0.15) is 0 Å². The van der Waals surface area contributed by atoms with Crippen molar-refractivity contribution in [3.63, 3.8) is 0 Å². The minimum absolute atomic E-state index is 0.164. The van der Waals surface area contributed by atoms with Crippen molar-refractivity contribution >= 4 is 0 Å². The van der Waals surface area contributed by atoms with Gasteiger partial charge in [-0.1, -0.05) is 0 Å². The highest BCUT2D eigenvalue weighted by Crippen LogP contribution is 2.00. The number of ether oxygens (including phenoxy) is 1. The average Bonchev–Trinajstić information content (AvgIpc) is 1.99. The summed E-state index contributed by atoms with van der Waals surface area (Å²) < 4.78 is 5.08. The summed E-state index contributed by atoms with van der Waals surface area (Å²) in [5, 5.41) is 11.7. The minimum atomic E-state index is 0.164. The van der Waals surface area contributed by atoms with Gasteiger partial charge in [0.15, 0.2) is 0 Å². The number of hydrogen-bond donors (Lipinski definition) is 2. The van der Waals surface area contributed by atoms with Crippen LogP contribution in [0.1, 0.15) is 13.3 Å². The van der Waals surface area contributed by atoms with Crippen molar-refractivity contribution in [2.45, 2.75) is 25.5 Å². The van der Waals surface area contributed by atoms with Gasteiger partial charge in [-0.3, -0.25) is 0 Å². The summed E-state index contributed by atoms with van der Waals surface area (Å²) in [5.74, 6) is 0. The zero-order chi connectivity index (χ0) is 7.98. The van der Waals surface area contributed by atoms with E-state index in [1.807, 2.05) is 14.0 Å². The van der Waals surface area contributed by atoms with Crippen LogP contribution in [0.5, 0.6) is 0 Å². The highest BCUT2D eigenvalue weighted by Gasteiger charge is 2.12. The molecule has 0 radical (unpaired) electrons. The first-order valence-electron chi connectivity index (χ1n) is 3.57. The van der Waals surface area contributed by atoms with Crippen LogP contribution >= 0.6 is 0 Å². The fourth-order valence-electron chi connectivity index (χ4n) is 0.917. The Morgan fingerprint density at radius 3 is 2.50 bits per heavy atom. The normalized spacial score (nSPS) is 16.8. The highest BCUT2D eigenvalue weighted by molar-refractivity contribution is 4.70. The number of methoxy groups -OCH3 is 1. The van der Waals surface area contributed by atoms with Crippen LogP contribution in [0.3, 0.4) is 0 Å². The smallest absolute Gasteiger partial charge is 0.0696 e. The molecule has 0 aliphatic heterocycles. The van der Waals surface area contributed by atoms with E-state index in [0.29, 0.717) is 0 Å². The Kier molecular flexibility index (Phi) is 5.58. The molecule has 0 aromatic heterocycles. The third-order valence-corrected chi connectivity index (χ3v) is 1.75. The molecule has 0 rings (SSSR count). The van der Waals surface area contributed by atoms with E-state index in [-0.39, 0.29) is 18.8 Å². The lowest BCUT2D eigenvalue weighted by molar-refractivity contribution is 0.0755. The molecular formula is C7H17NO2. The van der Waals surface area contributed by atoms with E-state index >= 15 is 0 Å². The first kappa shape index (κ1) is 9.88. The van der Waals surface area contributed by atoms with Gasteiger partial charge < -0.3 is 15.2 Å². The van der Waals surface area contributed by atoms with E-state index < -0.39 is 0 Å². The van der Waals surface area contributed by atoms with Gasteiger partial charge in [0, 0.05) is 19.8 Å². The van der Waals surface area contributed by atoms with E-state index in [1.165, 1.54) is 0 Å². The Balaban J connectivity index is 3.56. The van der Waals surface area contributed by atoms with Crippen LogP contribution in [0, 0.1) is 0 Å². The topological polar surface area (TPSA) is 41.5 Å². The van der Waals surface area contributed by atoms with Crippen molar-refractivity contribution in [1.29, 1.82) is 0 Å². The molecule has 2 atom stereocenters. The summed E-state index contributed by atoms with van der Waals surface area (Å²) in [6, 6.07) is 0.259. The average molecular weight is 147 g/mol. The molecule has 0 aliphatic carbocycles. The van der Waals surface area contributed by atoms with Crippen LogP contribution in [-0.2, 0) is 4.74 Å². The maximum Gasteiger partial charge on any atom is 0.0696 e. The lowest BCUT2D eigenvalue weighted by Gasteiger charge is -2.20. The number of aliphatic hydroxyl groups is 1. The highest BCUT2D eigenvalue weighted by atomic mass is 16.5. The molecule has 0 saturated carbocycles. The molecule has 0 bridgehead atoms. The predicted octanol–water partition coefficient (Wildman–Crippen LogP) is -0.00830. The summed E-state index contributed by atoms with van der Waals surface area (Å²) >= 11 is 0. The molecule has 0 fully saturated rings. The molecule has 3 heteroatoms. The summed E-state index contributed by atoms with van der Waals surface area (Å²) in [5.41, 5.74) is 0. The lowest BCUT2D eigenvalue weighted by atomic mass is 10.1. The standard InChI is InChI=1S/C7H17NO2/c1-6(10-3)7(8-2)4-5-9/h6-9H,4-5H2,1-3H3/t6-,7+/m1/s1. The second-order valence-electron chi connectivity index (χ2n) is 2.35. The van der Waals surface area contributed by atoms with E-state index in [0.717, 1.165) is 6.42 Å². The molecule has 0 spiro atoms. The van der Waals surface area contributed by atoms with Gasteiger partial charge in [-0.05, 0) is 20.4 Å². The van der Waals surface area contributed by atoms with Gasteiger partial charge in [0.25, 0.3) is 0 Å². The maximum absolute atomic E-state index is 8.62. The number of likely N-dealkylation sites (N-methyl/N-ethyl adjacent to an activating group) is 1. The second-order valence-corrected chi connectivity index (χ2v) is 2.35. The SMILES string of the molecule is CN[C@@H](CCO)[C@@H](C)OC. The first-order chi connectivity index (χ1) is 4.76. The van der Waals surface area contributed by atoms with Crippen molar-refractivity contribution in [2.24, 2.45) is 0 Å². The summed E-state index contributed by atoms with van der Waals surface area (Å²) in [4.78, 5) is 0. The summed E-state index contributed by atoms with van der Waals surface area (Å²) in [6.45, 7) is 2.19. The molecule has 10 heavy (non-hydrogen) atoms. The molecule has 2 N–H and O–H groups in total. The monoisotopic (exact) mass is 147 g/mol. The Morgan fingerprint density at radius 1 is 1.60 bits per heavy atom. The van der Waals surface area contributed by atoms with E-state index in [4.69, 9.17) is 9.84 Å². The lowest BCUT2D eigenvalue weighted by Crippen LogP contribution is -2.37. The third kappa shape index (κ3) is 3.15. The van der Waals surface area contributed by atoms with Gasteiger partial charge in [0.2, 0.25) is 0 Å². The Labute approximate surface area is 62.4 Å². The van der Waals surface area contributed by atoms with Crippen LogP contribution in [0.4, 0.5) is 0 Å². The zero-order valence-electron chi connectivity index (χ0n) is 6.92. The molecule has 0 heterocycles. The molecule has 3 nitrogen and oxygen atoms in total. The van der Waals surface area contributed by atoms with Crippen molar-refractivity contribution < 1.29 is 9.84 Å². The van der Waals surface area contributed by atoms with Crippen molar-refractivity contribution in [1.82, 2.24) is 5.32 Å². The van der Waals surface area contributed by atoms with E-state index in [2.05, 4.69) is 5.32 Å². The van der Waals surface area contributed by atoms with Gasteiger partial charge in [-0.15, -0.1) is 0 Å². The number of nitrogens with one attached hydrogen (secondary N) is 1. The summed E-state index contributed by atoms with van der Waals surface area (Å²) in [7, 11) is 3.54. The summed E-state index contributed by atoms with van der Waals surface area (Å²) in [6.07, 6.45) is 0.906. The number of aliphatic hydroxyl groups excluding tert-OH is 1. The van der Waals surface area contributed by atoms with Crippen LogP contribution in [0.2, 0.25) is 0 Å². The van der Waals surface area contributed by atoms with Gasteiger partial charge in [-0.2, -0.15) is 0 Å². The molecule has 0 unspecified atom stereocenters. The maximum atomic E-state index is 8.62. The molecule has 0 saturated heterocycles. The second kappa shape index (κ2) is 5.65. The third-order valence-electron chi connectivity index (χ3n) is 1.75. The molecule has 0 aliphatic rings. The van der Waals surface area contributed by atoms with Gasteiger partial charge >= 0.3 is 0 Å². The fraction of sp³-hybridized carbons (Fsp3) is 1.00.